The van der Waals surface area contributed by atoms with Gasteiger partial charge in [-0.25, -0.2) is 4.39 Å². The largest absolute Gasteiger partial charge is 0.490 e. The molecular formula is C12H11FN2O3. The summed E-state index contributed by atoms with van der Waals surface area (Å²) in [6, 6.07) is 5.36. The number of nitriles is 1. The van der Waals surface area contributed by atoms with Crippen molar-refractivity contribution in [3.8, 4) is 11.8 Å². The highest BCUT2D eigenvalue weighted by molar-refractivity contribution is 5.37. The molecule has 0 bridgehead atoms. The fourth-order valence-electron chi connectivity index (χ4n) is 1.67. The van der Waals surface area contributed by atoms with E-state index in [0.717, 1.165) is 18.9 Å². The van der Waals surface area contributed by atoms with Gasteiger partial charge in [-0.1, -0.05) is 0 Å². The van der Waals surface area contributed by atoms with E-state index in [0.29, 0.717) is 6.42 Å². The van der Waals surface area contributed by atoms with Gasteiger partial charge in [-0.15, -0.1) is 0 Å². The van der Waals surface area contributed by atoms with Crippen LogP contribution in [0.2, 0.25) is 0 Å². The highest BCUT2D eigenvalue weighted by Gasteiger charge is 2.43. The summed E-state index contributed by atoms with van der Waals surface area (Å²) >= 11 is 0. The van der Waals surface area contributed by atoms with Crippen LogP contribution in [0.5, 0.6) is 5.75 Å². The van der Waals surface area contributed by atoms with E-state index in [1.54, 1.807) is 0 Å². The number of hydrogen-bond donors (Lipinski definition) is 0. The van der Waals surface area contributed by atoms with Crippen LogP contribution in [-0.2, 0) is 0 Å². The summed E-state index contributed by atoms with van der Waals surface area (Å²) in [6.07, 6.45) is 2.19. The van der Waals surface area contributed by atoms with E-state index in [-0.39, 0.29) is 23.5 Å². The maximum absolute atomic E-state index is 13.5. The molecule has 1 fully saturated rings. The number of rotatable bonds is 5. The first-order valence-corrected chi connectivity index (χ1v) is 5.50. The second-order valence-corrected chi connectivity index (χ2v) is 4.50. The van der Waals surface area contributed by atoms with E-state index in [1.165, 1.54) is 12.1 Å². The summed E-state index contributed by atoms with van der Waals surface area (Å²) in [7, 11) is 0. The van der Waals surface area contributed by atoms with Crippen molar-refractivity contribution < 1.29 is 14.1 Å². The van der Waals surface area contributed by atoms with Gasteiger partial charge in [-0.05, 0) is 18.9 Å². The van der Waals surface area contributed by atoms with Gasteiger partial charge in [0.25, 0.3) is 5.69 Å². The number of hydrogen-bond acceptors (Lipinski definition) is 4. The summed E-state index contributed by atoms with van der Waals surface area (Å²) in [4.78, 5) is 9.78. The molecule has 18 heavy (non-hydrogen) atoms. The smallest absolute Gasteiger partial charge is 0.272 e. The highest BCUT2D eigenvalue weighted by Crippen LogP contribution is 2.48. The summed E-state index contributed by atoms with van der Waals surface area (Å²) in [5.41, 5.74) is -0.457. The molecule has 0 saturated heterocycles. The molecule has 0 atom stereocenters. The summed E-state index contributed by atoms with van der Waals surface area (Å²) in [5, 5.41) is 19.1. The number of nitrogens with zero attached hydrogens (tertiary/aromatic N) is 2. The lowest BCUT2D eigenvalue weighted by Crippen LogP contribution is -2.13. The van der Waals surface area contributed by atoms with Gasteiger partial charge in [-0.2, -0.15) is 5.26 Å². The van der Waals surface area contributed by atoms with Crippen LogP contribution in [0.1, 0.15) is 19.3 Å². The van der Waals surface area contributed by atoms with Crippen LogP contribution >= 0.6 is 0 Å². The van der Waals surface area contributed by atoms with Crippen LogP contribution in [0, 0.1) is 32.7 Å². The van der Waals surface area contributed by atoms with Crippen LogP contribution in [0.3, 0.4) is 0 Å². The molecule has 2 rings (SSSR count). The lowest BCUT2D eigenvalue weighted by atomic mass is 10.1. The molecule has 1 saturated carbocycles. The second-order valence-electron chi connectivity index (χ2n) is 4.50. The van der Waals surface area contributed by atoms with Crippen LogP contribution in [0.25, 0.3) is 0 Å². The fourth-order valence-corrected chi connectivity index (χ4v) is 1.67. The van der Waals surface area contributed by atoms with E-state index in [4.69, 9.17) is 10.00 Å². The van der Waals surface area contributed by atoms with E-state index in [9.17, 15) is 14.5 Å². The fraction of sp³-hybridized carbons (Fsp3) is 0.417. The molecule has 0 spiro atoms. The molecule has 0 heterocycles. The average Bonchev–Trinajstić information content (AvgIpc) is 3.08. The predicted molar refractivity (Wildman–Crippen MR) is 60.4 cm³/mol. The first-order chi connectivity index (χ1) is 8.56. The molecule has 1 aliphatic rings. The number of halogens is 1. The molecule has 0 N–H and O–H groups in total. The van der Waals surface area contributed by atoms with Crippen molar-refractivity contribution in [2.45, 2.75) is 19.3 Å². The maximum Gasteiger partial charge on any atom is 0.272 e. The summed E-state index contributed by atoms with van der Waals surface area (Å²) in [5.74, 6) is -0.762. The SMILES string of the molecule is N#CCC1(COc2ccc([N+](=O)[O-])cc2F)CC1. The van der Waals surface area contributed by atoms with E-state index in [2.05, 4.69) is 6.07 Å². The van der Waals surface area contributed by atoms with Crippen molar-refractivity contribution >= 4 is 5.69 Å². The van der Waals surface area contributed by atoms with Crippen molar-refractivity contribution in [2.75, 3.05) is 6.61 Å². The second kappa shape index (κ2) is 4.61. The highest BCUT2D eigenvalue weighted by atomic mass is 19.1. The van der Waals surface area contributed by atoms with Gasteiger partial charge < -0.3 is 4.74 Å². The Balaban J connectivity index is 2.02. The molecule has 1 aliphatic carbocycles. The van der Waals surface area contributed by atoms with Gasteiger partial charge in [0.15, 0.2) is 11.6 Å². The summed E-state index contributed by atoms with van der Waals surface area (Å²) in [6.45, 7) is 0.273. The molecule has 0 aromatic heterocycles. The van der Waals surface area contributed by atoms with Gasteiger partial charge in [0.1, 0.15) is 0 Å². The van der Waals surface area contributed by atoms with Crippen molar-refractivity contribution in [2.24, 2.45) is 5.41 Å². The van der Waals surface area contributed by atoms with Gasteiger partial charge >= 0.3 is 0 Å². The van der Waals surface area contributed by atoms with Crippen LogP contribution in [0.4, 0.5) is 10.1 Å². The van der Waals surface area contributed by atoms with Gasteiger partial charge in [-0.3, -0.25) is 10.1 Å². The third-order valence-corrected chi connectivity index (χ3v) is 3.07. The monoisotopic (exact) mass is 250 g/mol. The zero-order chi connectivity index (χ0) is 13.2. The Kier molecular flexibility index (Phi) is 3.15. The van der Waals surface area contributed by atoms with Crippen molar-refractivity contribution in [3.05, 3.63) is 34.1 Å². The van der Waals surface area contributed by atoms with Crippen LogP contribution in [0.15, 0.2) is 18.2 Å². The Bertz CT molecular complexity index is 521. The number of nitro groups is 1. The zero-order valence-corrected chi connectivity index (χ0v) is 9.56. The molecule has 0 aliphatic heterocycles. The normalized spacial score (nSPS) is 15.8. The van der Waals surface area contributed by atoms with Crippen molar-refractivity contribution in [1.82, 2.24) is 0 Å². The van der Waals surface area contributed by atoms with Gasteiger partial charge in [0.05, 0.1) is 23.7 Å². The maximum atomic E-state index is 13.5. The van der Waals surface area contributed by atoms with Gasteiger partial charge in [0.2, 0.25) is 0 Å². The molecular weight excluding hydrogens is 239 g/mol. The predicted octanol–water partition coefficient (Wildman–Crippen LogP) is 2.81. The number of non-ortho nitro benzene ring substituents is 1. The Morgan fingerprint density at radius 3 is 2.78 bits per heavy atom. The third kappa shape index (κ3) is 2.56. The average molecular weight is 250 g/mol. The number of ether oxygens (including phenoxy) is 1. The van der Waals surface area contributed by atoms with Crippen molar-refractivity contribution in [3.63, 3.8) is 0 Å². The number of benzene rings is 1. The Morgan fingerprint density at radius 1 is 1.56 bits per heavy atom. The molecule has 1 aromatic rings. The molecule has 6 heteroatoms. The minimum absolute atomic E-state index is 0.00943. The Labute approximate surface area is 103 Å². The zero-order valence-electron chi connectivity index (χ0n) is 9.56. The molecule has 0 unspecified atom stereocenters. The topological polar surface area (TPSA) is 76.2 Å². The minimum Gasteiger partial charge on any atom is -0.490 e. The standard InChI is InChI=1S/C12H11FN2O3/c13-10-7-9(15(16)17)1-2-11(10)18-8-12(3-4-12)5-6-14/h1-2,7H,3-5,8H2. The Morgan fingerprint density at radius 2 is 2.28 bits per heavy atom. The quantitative estimate of drug-likeness (QED) is 0.594. The lowest BCUT2D eigenvalue weighted by molar-refractivity contribution is -0.385. The minimum atomic E-state index is -0.753. The molecule has 1 aromatic carbocycles. The molecule has 5 nitrogen and oxygen atoms in total. The number of nitro benzene ring substituents is 1. The molecule has 0 radical (unpaired) electrons. The first kappa shape index (κ1) is 12.3. The van der Waals surface area contributed by atoms with Crippen molar-refractivity contribution in [1.29, 1.82) is 5.26 Å². The van der Waals surface area contributed by atoms with Crippen LogP contribution in [-0.4, -0.2) is 11.5 Å². The third-order valence-electron chi connectivity index (χ3n) is 3.07. The lowest BCUT2D eigenvalue weighted by Gasteiger charge is -2.13. The van der Waals surface area contributed by atoms with Crippen LogP contribution < -0.4 is 4.74 Å². The Hall–Kier alpha value is -2.16. The molecule has 94 valence electrons. The summed E-state index contributed by atoms with van der Waals surface area (Å²) < 4.78 is 18.8. The van der Waals surface area contributed by atoms with E-state index >= 15 is 0 Å². The molecule has 0 amide bonds. The first-order valence-electron chi connectivity index (χ1n) is 5.50. The van der Waals surface area contributed by atoms with Gasteiger partial charge in [0, 0.05) is 17.9 Å². The van der Waals surface area contributed by atoms with E-state index in [1.807, 2.05) is 0 Å². The van der Waals surface area contributed by atoms with E-state index < -0.39 is 10.7 Å².